The van der Waals surface area contributed by atoms with Gasteiger partial charge in [-0.25, -0.2) is 0 Å². The highest BCUT2D eigenvalue weighted by molar-refractivity contribution is 5.47. The fourth-order valence-electron chi connectivity index (χ4n) is 0.430. The lowest BCUT2D eigenvalue weighted by atomic mass is 10.8. The maximum absolute atomic E-state index is 4.65. The molecule has 54 valence electrons. The van der Waals surface area contributed by atoms with Gasteiger partial charge in [-0.2, -0.15) is 0 Å². The standard InChI is InChI=1S/C3H5NO.C2H3N3/c1-2-5-3-4-1;1-2-4-5-3-1/h3H,1-2H2;1-2H,(H,3,4,5). The third-order valence-corrected chi connectivity index (χ3v) is 0.819. The molecule has 5 nitrogen and oxygen atoms in total. The highest BCUT2D eigenvalue weighted by atomic mass is 16.5. The molecule has 1 aromatic rings. The number of aromatic nitrogens is 3. The Kier molecular flexibility index (Phi) is 3.02. The molecule has 1 aliphatic rings. The van der Waals surface area contributed by atoms with Crippen LogP contribution in [0.15, 0.2) is 17.4 Å². The van der Waals surface area contributed by atoms with Gasteiger partial charge in [0.15, 0.2) is 6.40 Å². The Morgan fingerprint density at radius 3 is 2.70 bits per heavy atom. The second-order valence-electron chi connectivity index (χ2n) is 1.54. The predicted octanol–water partition coefficient (Wildman–Crippen LogP) is -0.150. The van der Waals surface area contributed by atoms with Gasteiger partial charge >= 0.3 is 0 Å². The normalized spacial score (nSPS) is 13.6. The average Bonchev–Trinajstić information content (AvgIpc) is 2.67. The highest BCUT2D eigenvalue weighted by Gasteiger charge is 1.84. The smallest absolute Gasteiger partial charge is 0.169 e. The predicted molar refractivity (Wildman–Crippen MR) is 35.7 cm³/mol. The molecule has 0 radical (unpaired) electrons. The number of ether oxygens (including phenoxy) is 1. The van der Waals surface area contributed by atoms with Gasteiger partial charge < -0.3 is 4.74 Å². The zero-order chi connectivity index (χ0) is 7.07. The summed E-state index contributed by atoms with van der Waals surface area (Å²) in [5.74, 6) is 0. The maximum Gasteiger partial charge on any atom is 0.169 e. The molecule has 0 fully saturated rings. The molecule has 0 aromatic carbocycles. The number of rotatable bonds is 0. The molecule has 0 bridgehead atoms. The van der Waals surface area contributed by atoms with Crippen molar-refractivity contribution in [2.45, 2.75) is 0 Å². The summed E-state index contributed by atoms with van der Waals surface area (Å²) in [4.78, 5) is 3.74. The first-order valence-corrected chi connectivity index (χ1v) is 2.90. The molecule has 0 spiro atoms. The van der Waals surface area contributed by atoms with Gasteiger partial charge in [-0.05, 0) is 0 Å². The minimum Gasteiger partial charge on any atom is -0.482 e. The molecular formula is C5H8N4O. The lowest BCUT2D eigenvalue weighted by Crippen LogP contribution is -1.80. The molecule has 0 aliphatic carbocycles. The van der Waals surface area contributed by atoms with E-state index in [9.17, 15) is 0 Å². The molecule has 0 amide bonds. The summed E-state index contributed by atoms with van der Waals surface area (Å²) < 4.78 is 4.65. The van der Waals surface area contributed by atoms with Crippen LogP contribution in [0.2, 0.25) is 0 Å². The SMILES string of the molecule is C1=NCCO1.c1c[nH]nn1. The van der Waals surface area contributed by atoms with Crippen molar-refractivity contribution < 1.29 is 4.74 Å². The van der Waals surface area contributed by atoms with E-state index in [0.717, 1.165) is 13.2 Å². The minimum absolute atomic E-state index is 0.778. The Labute approximate surface area is 58.1 Å². The fourth-order valence-corrected chi connectivity index (χ4v) is 0.430. The summed E-state index contributed by atoms with van der Waals surface area (Å²) in [5, 5.41) is 9.26. The van der Waals surface area contributed by atoms with E-state index in [1.54, 1.807) is 12.4 Å². The van der Waals surface area contributed by atoms with Crippen molar-refractivity contribution in [3.63, 3.8) is 0 Å². The van der Waals surface area contributed by atoms with Crippen LogP contribution < -0.4 is 0 Å². The molecule has 5 heteroatoms. The van der Waals surface area contributed by atoms with E-state index in [4.69, 9.17) is 0 Å². The lowest BCUT2D eigenvalue weighted by Gasteiger charge is -1.76. The van der Waals surface area contributed by atoms with Crippen molar-refractivity contribution in [2.24, 2.45) is 4.99 Å². The summed E-state index contributed by atoms with van der Waals surface area (Å²) in [5.41, 5.74) is 0. The number of H-pyrrole nitrogens is 1. The molecule has 2 rings (SSSR count). The van der Waals surface area contributed by atoms with Crippen LogP contribution >= 0.6 is 0 Å². The molecule has 1 aliphatic heterocycles. The first-order valence-electron chi connectivity index (χ1n) is 2.90. The summed E-state index contributed by atoms with van der Waals surface area (Å²) in [6, 6.07) is 0. The molecule has 1 N–H and O–H groups in total. The van der Waals surface area contributed by atoms with E-state index >= 15 is 0 Å². The number of aliphatic imine (C=N–C) groups is 1. The van der Waals surface area contributed by atoms with Gasteiger partial charge in [0.05, 0.1) is 12.7 Å². The van der Waals surface area contributed by atoms with Gasteiger partial charge in [0, 0.05) is 6.20 Å². The van der Waals surface area contributed by atoms with Crippen LogP contribution in [-0.4, -0.2) is 35.0 Å². The van der Waals surface area contributed by atoms with Crippen molar-refractivity contribution in [2.75, 3.05) is 13.2 Å². The van der Waals surface area contributed by atoms with E-state index in [0.29, 0.717) is 0 Å². The third-order valence-electron chi connectivity index (χ3n) is 0.819. The Balaban J connectivity index is 0.0000001000. The van der Waals surface area contributed by atoms with Crippen LogP contribution in [0.1, 0.15) is 0 Å². The number of aromatic amines is 1. The van der Waals surface area contributed by atoms with Crippen molar-refractivity contribution in [1.29, 1.82) is 0 Å². The second-order valence-corrected chi connectivity index (χ2v) is 1.54. The number of nitrogens with one attached hydrogen (secondary N) is 1. The van der Waals surface area contributed by atoms with Crippen LogP contribution in [0.25, 0.3) is 0 Å². The molecule has 0 unspecified atom stereocenters. The molecule has 2 heterocycles. The zero-order valence-electron chi connectivity index (χ0n) is 5.40. The van der Waals surface area contributed by atoms with Crippen molar-refractivity contribution >= 4 is 6.40 Å². The Hall–Kier alpha value is -1.39. The summed E-state index contributed by atoms with van der Waals surface area (Å²) in [6.45, 7) is 1.62. The van der Waals surface area contributed by atoms with Crippen LogP contribution in [0.3, 0.4) is 0 Å². The van der Waals surface area contributed by atoms with Gasteiger partial charge in [0.1, 0.15) is 6.61 Å². The molecular weight excluding hydrogens is 132 g/mol. The topological polar surface area (TPSA) is 63.2 Å². The van der Waals surface area contributed by atoms with Crippen molar-refractivity contribution in [1.82, 2.24) is 15.4 Å². The Bertz CT molecular complexity index is 149. The second kappa shape index (κ2) is 4.49. The van der Waals surface area contributed by atoms with Crippen molar-refractivity contribution in [3.8, 4) is 0 Å². The van der Waals surface area contributed by atoms with Crippen LogP contribution in [0.4, 0.5) is 0 Å². The first-order chi connectivity index (χ1) is 5.00. The fraction of sp³-hybridized carbons (Fsp3) is 0.400. The average molecular weight is 140 g/mol. The van der Waals surface area contributed by atoms with Gasteiger partial charge in [-0.3, -0.25) is 10.1 Å². The van der Waals surface area contributed by atoms with E-state index in [1.165, 1.54) is 6.40 Å². The number of hydrogen-bond donors (Lipinski definition) is 1. The maximum atomic E-state index is 4.65. The number of nitrogens with zero attached hydrogens (tertiary/aromatic N) is 3. The molecule has 0 saturated carbocycles. The monoisotopic (exact) mass is 140 g/mol. The van der Waals surface area contributed by atoms with Gasteiger partial charge in [-0.15, -0.1) is 5.10 Å². The largest absolute Gasteiger partial charge is 0.482 e. The summed E-state index contributed by atoms with van der Waals surface area (Å²) in [6.07, 6.45) is 4.72. The highest BCUT2D eigenvalue weighted by Crippen LogP contribution is 1.78. The van der Waals surface area contributed by atoms with Crippen LogP contribution in [-0.2, 0) is 4.74 Å². The van der Waals surface area contributed by atoms with Crippen LogP contribution in [0, 0.1) is 0 Å². The van der Waals surface area contributed by atoms with Gasteiger partial charge in [0.25, 0.3) is 0 Å². The first kappa shape index (κ1) is 6.73. The van der Waals surface area contributed by atoms with E-state index in [-0.39, 0.29) is 0 Å². The summed E-state index contributed by atoms with van der Waals surface area (Å²) in [7, 11) is 0. The zero-order valence-corrected chi connectivity index (χ0v) is 5.40. The Morgan fingerprint density at radius 1 is 1.50 bits per heavy atom. The van der Waals surface area contributed by atoms with E-state index in [2.05, 4.69) is 25.1 Å². The Morgan fingerprint density at radius 2 is 2.50 bits per heavy atom. The van der Waals surface area contributed by atoms with Crippen molar-refractivity contribution in [3.05, 3.63) is 12.4 Å². The van der Waals surface area contributed by atoms with E-state index in [1.807, 2.05) is 0 Å². The summed E-state index contributed by atoms with van der Waals surface area (Å²) >= 11 is 0. The van der Waals surface area contributed by atoms with Crippen LogP contribution in [0.5, 0.6) is 0 Å². The lowest BCUT2D eigenvalue weighted by molar-refractivity contribution is 0.361. The quantitative estimate of drug-likeness (QED) is 0.545. The van der Waals surface area contributed by atoms with Gasteiger partial charge in [0.2, 0.25) is 0 Å². The number of hydrogen-bond acceptors (Lipinski definition) is 4. The molecule has 0 saturated heterocycles. The van der Waals surface area contributed by atoms with E-state index < -0.39 is 0 Å². The third kappa shape index (κ3) is 2.81. The molecule has 1 aromatic heterocycles. The molecule has 0 atom stereocenters. The minimum atomic E-state index is 0.778. The van der Waals surface area contributed by atoms with Gasteiger partial charge in [-0.1, -0.05) is 5.21 Å². The molecule has 10 heavy (non-hydrogen) atoms.